The molecule has 0 aliphatic heterocycles. The highest BCUT2D eigenvalue weighted by molar-refractivity contribution is 6.09. The fourth-order valence-corrected chi connectivity index (χ4v) is 3.33. The van der Waals surface area contributed by atoms with E-state index in [1.54, 1.807) is 53.5 Å². The topological polar surface area (TPSA) is 53.4 Å². The van der Waals surface area contributed by atoms with Crippen molar-refractivity contribution in [2.75, 3.05) is 14.2 Å². The molecular formula is C24H19FN2O3. The van der Waals surface area contributed by atoms with Gasteiger partial charge in [-0.25, -0.2) is 9.37 Å². The van der Waals surface area contributed by atoms with E-state index in [9.17, 15) is 9.18 Å². The van der Waals surface area contributed by atoms with Gasteiger partial charge in [0.1, 0.15) is 17.8 Å². The van der Waals surface area contributed by atoms with Crippen LogP contribution in [-0.2, 0) is 0 Å². The van der Waals surface area contributed by atoms with Crippen LogP contribution in [0.1, 0.15) is 16.1 Å². The molecule has 0 saturated carbocycles. The first kappa shape index (κ1) is 19.4. The molecule has 4 rings (SSSR count). The van der Waals surface area contributed by atoms with Gasteiger partial charge in [-0.15, -0.1) is 0 Å². The summed E-state index contributed by atoms with van der Waals surface area (Å²) in [5.74, 6) is 0.0337. The zero-order valence-corrected chi connectivity index (χ0v) is 16.5. The van der Waals surface area contributed by atoms with Crippen LogP contribution in [0.2, 0.25) is 0 Å². The summed E-state index contributed by atoms with van der Waals surface area (Å²) in [5, 5.41) is 0. The van der Waals surface area contributed by atoms with Gasteiger partial charge in [0.25, 0.3) is 0 Å². The Morgan fingerprint density at radius 3 is 2.57 bits per heavy atom. The van der Waals surface area contributed by atoms with Crippen molar-refractivity contribution in [3.05, 3.63) is 96.3 Å². The quantitative estimate of drug-likeness (QED) is 0.429. The predicted octanol–water partition coefficient (Wildman–Crippen LogP) is 4.93. The second-order valence-electron chi connectivity index (χ2n) is 6.57. The van der Waals surface area contributed by atoms with Gasteiger partial charge in [-0.1, -0.05) is 36.4 Å². The van der Waals surface area contributed by atoms with E-state index >= 15 is 0 Å². The fraction of sp³-hybridized carbons (Fsp3) is 0.0833. The fourth-order valence-electron chi connectivity index (χ4n) is 3.33. The maximum atomic E-state index is 14.1. The Morgan fingerprint density at radius 1 is 0.967 bits per heavy atom. The Bertz CT molecular complexity index is 1220. The lowest BCUT2D eigenvalue weighted by molar-refractivity contribution is 0.103. The number of nitrogens with zero attached hydrogens (tertiary/aromatic N) is 2. The largest absolute Gasteiger partial charge is 0.496 e. The van der Waals surface area contributed by atoms with E-state index in [0.29, 0.717) is 22.6 Å². The van der Waals surface area contributed by atoms with Crippen molar-refractivity contribution in [3.8, 4) is 28.3 Å². The summed E-state index contributed by atoms with van der Waals surface area (Å²) in [6, 6.07) is 19.3. The first-order valence-corrected chi connectivity index (χ1v) is 9.27. The second-order valence-corrected chi connectivity index (χ2v) is 6.57. The number of benzene rings is 3. The van der Waals surface area contributed by atoms with Crippen molar-refractivity contribution < 1.29 is 18.7 Å². The van der Waals surface area contributed by atoms with Gasteiger partial charge in [0.05, 0.1) is 19.8 Å². The van der Waals surface area contributed by atoms with Crippen LogP contribution >= 0.6 is 0 Å². The number of ether oxygens (including phenoxy) is 2. The van der Waals surface area contributed by atoms with Crippen molar-refractivity contribution >= 4 is 5.78 Å². The van der Waals surface area contributed by atoms with Gasteiger partial charge >= 0.3 is 0 Å². The van der Waals surface area contributed by atoms with Crippen molar-refractivity contribution in [1.82, 2.24) is 9.55 Å². The molecule has 1 heterocycles. The molecule has 0 bridgehead atoms. The molecule has 150 valence electrons. The van der Waals surface area contributed by atoms with Gasteiger partial charge in [0.15, 0.2) is 11.6 Å². The van der Waals surface area contributed by atoms with Crippen LogP contribution in [0.3, 0.4) is 0 Å². The lowest BCUT2D eigenvalue weighted by Gasteiger charge is -2.11. The van der Waals surface area contributed by atoms with Gasteiger partial charge in [0, 0.05) is 17.4 Å². The number of hydrogen-bond acceptors (Lipinski definition) is 4. The average molecular weight is 402 g/mol. The van der Waals surface area contributed by atoms with Gasteiger partial charge < -0.3 is 14.0 Å². The van der Waals surface area contributed by atoms with Crippen molar-refractivity contribution in [1.29, 1.82) is 0 Å². The van der Waals surface area contributed by atoms with Gasteiger partial charge in [-0.2, -0.15) is 0 Å². The van der Waals surface area contributed by atoms with E-state index in [2.05, 4.69) is 4.98 Å². The molecular weight excluding hydrogens is 383 g/mol. The van der Waals surface area contributed by atoms with Crippen LogP contribution in [0.5, 0.6) is 11.5 Å². The third kappa shape index (κ3) is 3.55. The number of aromatic nitrogens is 2. The lowest BCUT2D eigenvalue weighted by Crippen LogP contribution is -2.04. The summed E-state index contributed by atoms with van der Waals surface area (Å²) < 4.78 is 26.3. The van der Waals surface area contributed by atoms with Crippen molar-refractivity contribution in [2.45, 2.75) is 0 Å². The molecule has 0 aliphatic rings. The standard InChI is InChI=1S/C24H19FN2O3/c1-29-22-12-4-3-9-19(22)23(28)21-14-27(15-26-21)17-8-5-7-16(13-17)18-10-6-11-20(25)24(18)30-2/h3-15H,1-2H3. The summed E-state index contributed by atoms with van der Waals surface area (Å²) >= 11 is 0. The number of ketones is 1. The maximum Gasteiger partial charge on any atom is 0.216 e. The highest BCUT2D eigenvalue weighted by Gasteiger charge is 2.17. The molecule has 1 aromatic heterocycles. The normalized spacial score (nSPS) is 10.6. The minimum atomic E-state index is -0.423. The van der Waals surface area contributed by atoms with Gasteiger partial charge in [0.2, 0.25) is 5.78 Å². The van der Waals surface area contributed by atoms with E-state index in [-0.39, 0.29) is 11.5 Å². The highest BCUT2D eigenvalue weighted by atomic mass is 19.1. The van der Waals surface area contributed by atoms with Crippen LogP contribution in [0, 0.1) is 5.82 Å². The molecule has 30 heavy (non-hydrogen) atoms. The molecule has 5 nitrogen and oxygen atoms in total. The molecule has 3 aromatic carbocycles. The van der Waals surface area contributed by atoms with E-state index < -0.39 is 5.82 Å². The SMILES string of the molecule is COc1ccccc1C(=O)c1cn(-c2cccc(-c3cccc(F)c3OC)c2)cn1. The van der Waals surface area contributed by atoms with Crippen LogP contribution in [0.15, 0.2) is 79.3 Å². The molecule has 0 atom stereocenters. The molecule has 0 N–H and O–H groups in total. The summed E-state index contributed by atoms with van der Waals surface area (Å²) in [7, 11) is 2.97. The highest BCUT2D eigenvalue weighted by Crippen LogP contribution is 2.33. The average Bonchev–Trinajstić information content (AvgIpc) is 3.29. The molecule has 0 unspecified atom stereocenters. The molecule has 0 amide bonds. The number of rotatable bonds is 6. The van der Waals surface area contributed by atoms with E-state index in [1.165, 1.54) is 20.3 Å². The molecule has 4 aromatic rings. The van der Waals surface area contributed by atoms with Crippen molar-refractivity contribution in [2.24, 2.45) is 0 Å². The summed E-state index contributed by atoms with van der Waals surface area (Å²) in [4.78, 5) is 17.1. The monoisotopic (exact) mass is 402 g/mol. The molecule has 0 saturated heterocycles. The number of para-hydroxylation sites is 2. The number of carbonyl (C=O) groups is 1. The third-order valence-corrected chi connectivity index (χ3v) is 4.79. The molecule has 0 fully saturated rings. The minimum Gasteiger partial charge on any atom is -0.496 e. The Hall–Kier alpha value is -3.93. The third-order valence-electron chi connectivity index (χ3n) is 4.79. The van der Waals surface area contributed by atoms with E-state index in [1.807, 2.05) is 24.3 Å². The summed E-state index contributed by atoms with van der Waals surface area (Å²) in [6.45, 7) is 0. The Labute approximate surface area is 173 Å². The Kier molecular flexibility index (Phi) is 5.30. The number of hydrogen-bond donors (Lipinski definition) is 0. The number of imidazole rings is 1. The van der Waals surface area contributed by atoms with Gasteiger partial charge in [-0.05, 0) is 35.9 Å². The number of methoxy groups -OCH3 is 2. The number of carbonyl (C=O) groups excluding carboxylic acids is 1. The van der Waals surface area contributed by atoms with E-state index in [4.69, 9.17) is 9.47 Å². The predicted molar refractivity (Wildman–Crippen MR) is 112 cm³/mol. The molecule has 0 radical (unpaired) electrons. The van der Waals surface area contributed by atoms with Crippen molar-refractivity contribution in [3.63, 3.8) is 0 Å². The second kappa shape index (κ2) is 8.21. The van der Waals surface area contributed by atoms with E-state index in [0.717, 1.165) is 11.3 Å². The Balaban J connectivity index is 1.69. The zero-order chi connectivity index (χ0) is 21.1. The zero-order valence-electron chi connectivity index (χ0n) is 16.5. The maximum absolute atomic E-state index is 14.1. The van der Waals surface area contributed by atoms with Crippen LogP contribution < -0.4 is 9.47 Å². The number of halogens is 1. The Morgan fingerprint density at radius 2 is 1.77 bits per heavy atom. The first-order valence-electron chi connectivity index (χ1n) is 9.27. The molecule has 0 spiro atoms. The van der Waals surface area contributed by atoms with Crippen LogP contribution in [0.4, 0.5) is 4.39 Å². The van der Waals surface area contributed by atoms with Gasteiger partial charge in [-0.3, -0.25) is 4.79 Å². The molecule has 6 heteroatoms. The van der Waals surface area contributed by atoms with Crippen LogP contribution in [0.25, 0.3) is 16.8 Å². The van der Waals surface area contributed by atoms with Crippen LogP contribution in [-0.4, -0.2) is 29.6 Å². The lowest BCUT2D eigenvalue weighted by atomic mass is 10.0. The first-order chi connectivity index (χ1) is 14.6. The molecule has 0 aliphatic carbocycles. The minimum absolute atomic E-state index is 0.187. The summed E-state index contributed by atoms with van der Waals surface area (Å²) in [5.41, 5.74) is 2.96. The summed E-state index contributed by atoms with van der Waals surface area (Å²) in [6.07, 6.45) is 3.24. The smallest absolute Gasteiger partial charge is 0.216 e.